The molecule has 1 aliphatic heterocycles. The van der Waals surface area contributed by atoms with Crippen LogP contribution in [0.15, 0.2) is 30.3 Å². The van der Waals surface area contributed by atoms with Crippen LogP contribution in [0.1, 0.15) is 34.8 Å². The van der Waals surface area contributed by atoms with Crippen molar-refractivity contribution in [2.75, 3.05) is 27.4 Å². The number of hydrogen-bond acceptors (Lipinski definition) is 8. The highest BCUT2D eigenvalue weighted by atomic mass is 16.5. The second-order valence-electron chi connectivity index (χ2n) is 6.60. The maximum atomic E-state index is 10.3. The standard InChI is InChI=1S/C20H24O8/c1-26-16-6-10(3-4-14(16)23)19-13(8-21)12-5-11(18(25)15(24)9-22)7-17(27-2)20(12)28-19/h3-7,13,15,18-19,21-25H,8-9H2,1-2H3/t13-,15+,18+,19-/m0/s1. The van der Waals surface area contributed by atoms with Gasteiger partial charge in [0.05, 0.1) is 33.4 Å². The van der Waals surface area contributed by atoms with Gasteiger partial charge in [0.25, 0.3) is 0 Å². The van der Waals surface area contributed by atoms with Crippen molar-refractivity contribution >= 4 is 0 Å². The first-order chi connectivity index (χ1) is 13.4. The van der Waals surface area contributed by atoms with Crippen LogP contribution in [0.2, 0.25) is 0 Å². The zero-order valence-electron chi connectivity index (χ0n) is 15.6. The van der Waals surface area contributed by atoms with Gasteiger partial charge in [-0.1, -0.05) is 6.07 Å². The molecular weight excluding hydrogens is 368 g/mol. The van der Waals surface area contributed by atoms with Gasteiger partial charge in [0, 0.05) is 5.56 Å². The van der Waals surface area contributed by atoms with Crippen molar-refractivity contribution in [2.45, 2.75) is 24.2 Å². The molecule has 0 aliphatic carbocycles. The number of phenolic OH excluding ortho intramolecular Hbond substituents is 1. The van der Waals surface area contributed by atoms with Crippen molar-refractivity contribution in [2.24, 2.45) is 0 Å². The molecule has 3 rings (SSSR count). The largest absolute Gasteiger partial charge is 0.504 e. The number of ether oxygens (including phenoxy) is 3. The average Bonchev–Trinajstić information content (AvgIpc) is 3.10. The van der Waals surface area contributed by atoms with Crippen LogP contribution < -0.4 is 14.2 Å². The molecule has 2 aromatic carbocycles. The number of aliphatic hydroxyl groups excluding tert-OH is 4. The highest BCUT2D eigenvalue weighted by Crippen LogP contribution is 2.52. The van der Waals surface area contributed by atoms with E-state index in [0.717, 1.165) is 0 Å². The van der Waals surface area contributed by atoms with Crippen molar-refractivity contribution in [3.8, 4) is 23.0 Å². The van der Waals surface area contributed by atoms with E-state index >= 15 is 0 Å². The third-order valence-corrected chi connectivity index (χ3v) is 4.96. The molecule has 2 aromatic rings. The summed E-state index contributed by atoms with van der Waals surface area (Å²) < 4.78 is 16.6. The quantitative estimate of drug-likeness (QED) is 0.472. The Hall–Kier alpha value is -2.52. The van der Waals surface area contributed by atoms with Crippen LogP contribution in [0.5, 0.6) is 23.0 Å². The first-order valence-corrected chi connectivity index (χ1v) is 8.78. The number of hydrogen-bond donors (Lipinski definition) is 5. The molecule has 0 aromatic heterocycles. The van der Waals surface area contributed by atoms with Crippen molar-refractivity contribution in [3.63, 3.8) is 0 Å². The fourth-order valence-corrected chi connectivity index (χ4v) is 3.43. The van der Waals surface area contributed by atoms with E-state index in [4.69, 9.17) is 19.3 Å². The second-order valence-corrected chi connectivity index (χ2v) is 6.60. The van der Waals surface area contributed by atoms with Crippen LogP contribution in [0.25, 0.3) is 0 Å². The molecule has 0 saturated carbocycles. The predicted octanol–water partition coefficient (Wildman–Crippen LogP) is 1.01. The topological polar surface area (TPSA) is 129 Å². The van der Waals surface area contributed by atoms with Crippen LogP contribution >= 0.6 is 0 Å². The van der Waals surface area contributed by atoms with E-state index in [1.54, 1.807) is 18.2 Å². The Bertz CT molecular complexity index is 837. The molecule has 8 nitrogen and oxygen atoms in total. The summed E-state index contributed by atoms with van der Waals surface area (Å²) in [6.45, 7) is -0.845. The zero-order chi connectivity index (χ0) is 20.4. The SMILES string of the molecule is COc1cc([C@@H]2Oc3c(OC)cc([C@@H](O)[C@H](O)CO)cc3[C@@H]2CO)ccc1O. The summed E-state index contributed by atoms with van der Waals surface area (Å²) in [5.41, 5.74) is 1.63. The number of aromatic hydroxyl groups is 1. The van der Waals surface area contributed by atoms with Gasteiger partial charge in [-0.3, -0.25) is 0 Å². The third kappa shape index (κ3) is 3.47. The van der Waals surface area contributed by atoms with Gasteiger partial charge in [0.2, 0.25) is 0 Å². The maximum Gasteiger partial charge on any atom is 0.165 e. The number of rotatable bonds is 7. The van der Waals surface area contributed by atoms with Crippen LogP contribution in [0, 0.1) is 0 Å². The van der Waals surface area contributed by atoms with Gasteiger partial charge >= 0.3 is 0 Å². The molecule has 1 heterocycles. The minimum Gasteiger partial charge on any atom is -0.504 e. The van der Waals surface area contributed by atoms with E-state index in [1.807, 2.05) is 0 Å². The summed E-state index contributed by atoms with van der Waals surface area (Å²) in [6.07, 6.45) is -3.25. The lowest BCUT2D eigenvalue weighted by Gasteiger charge is -2.19. The third-order valence-electron chi connectivity index (χ3n) is 4.96. The Morgan fingerprint density at radius 1 is 1.04 bits per heavy atom. The van der Waals surface area contributed by atoms with Crippen LogP contribution in [-0.4, -0.2) is 59.1 Å². The summed E-state index contributed by atoms with van der Waals surface area (Å²) >= 11 is 0. The Kier molecular flexibility index (Phi) is 5.95. The Morgan fingerprint density at radius 3 is 2.36 bits per heavy atom. The molecule has 1 aliphatic rings. The molecule has 0 bridgehead atoms. The molecular formula is C20H24O8. The summed E-state index contributed by atoms with van der Waals surface area (Å²) in [5, 5.41) is 49.0. The van der Waals surface area contributed by atoms with E-state index in [1.165, 1.54) is 26.4 Å². The number of methoxy groups -OCH3 is 2. The van der Waals surface area contributed by atoms with E-state index in [-0.39, 0.29) is 18.1 Å². The number of aliphatic hydroxyl groups is 4. The summed E-state index contributed by atoms with van der Waals surface area (Å²) in [7, 11) is 2.89. The fourth-order valence-electron chi connectivity index (χ4n) is 3.43. The molecule has 0 fully saturated rings. The van der Waals surface area contributed by atoms with Gasteiger partial charge in [-0.05, 0) is 35.4 Å². The van der Waals surface area contributed by atoms with Crippen LogP contribution in [0.4, 0.5) is 0 Å². The van der Waals surface area contributed by atoms with E-state index in [0.29, 0.717) is 28.2 Å². The van der Waals surface area contributed by atoms with Crippen LogP contribution in [-0.2, 0) is 0 Å². The summed E-state index contributed by atoms with van der Waals surface area (Å²) in [6, 6.07) is 7.94. The van der Waals surface area contributed by atoms with Crippen molar-refractivity contribution in [3.05, 3.63) is 47.0 Å². The van der Waals surface area contributed by atoms with Gasteiger partial charge in [0.15, 0.2) is 23.0 Å². The van der Waals surface area contributed by atoms with Crippen LogP contribution in [0.3, 0.4) is 0 Å². The highest BCUT2D eigenvalue weighted by Gasteiger charge is 2.38. The molecule has 4 atom stereocenters. The Morgan fingerprint density at radius 2 is 1.75 bits per heavy atom. The van der Waals surface area contributed by atoms with Gasteiger partial charge in [-0.25, -0.2) is 0 Å². The highest BCUT2D eigenvalue weighted by molar-refractivity contribution is 5.56. The summed E-state index contributed by atoms with van der Waals surface area (Å²) in [5.74, 6) is 0.555. The smallest absolute Gasteiger partial charge is 0.165 e. The van der Waals surface area contributed by atoms with Gasteiger partial charge in [-0.15, -0.1) is 0 Å². The van der Waals surface area contributed by atoms with Crippen molar-refractivity contribution in [1.29, 1.82) is 0 Å². The predicted molar refractivity (Wildman–Crippen MR) is 98.9 cm³/mol. The van der Waals surface area contributed by atoms with Crippen molar-refractivity contribution in [1.82, 2.24) is 0 Å². The number of benzene rings is 2. The molecule has 8 heteroatoms. The molecule has 5 N–H and O–H groups in total. The summed E-state index contributed by atoms with van der Waals surface area (Å²) in [4.78, 5) is 0. The molecule has 0 saturated heterocycles. The lowest BCUT2D eigenvalue weighted by molar-refractivity contribution is -0.0153. The zero-order valence-corrected chi connectivity index (χ0v) is 15.6. The Balaban J connectivity index is 2.04. The average molecular weight is 392 g/mol. The molecule has 0 spiro atoms. The maximum absolute atomic E-state index is 10.3. The Labute approximate surface area is 162 Å². The van der Waals surface area contributed by atoms with Gasteiger partial charge in [0.1, 0.15) is 18.3 Å². The molecule has 0 unspecified atom stereocenters. The van der Waals surface area contributed by atoms with E-state index in [2.05, 4.69) is 0 Å². The van der Waals surface area contributed by atoms with Gasteiger partial charge < -0.3 is 39.7 Å². The van der Waals surface area contributed by atoms with Gasteiger partial charge in [-0.2, -0.15) is 0 Å². The first-order valence-electron chi connectivity index (χ1n) is 8.78. The minimum absolute atomic E-state index is 0.0108. The molecule has 0 amide bonds. The molecule has 28 heavy (non-hydrogen) atoms. The fraction of sp³-hybridized carbons (Fsp3) is 0.400. The van der Waals surface area contributed by atoms with Crippen molar-refractivity contribution < 1.29 is 39.7 Å². The number of fused-ring (bicyclic) bond motifs is 1. The second kappa shape index (κ2) is 8.24. The normalized spacial score (nSPS) is 20.2. The lowest BCUT2D eigenvalue weighted by atomic mass is 9.89. The van der Waals surface area contributed by atoms with E-state index in [9.17, 15) is 20.4 Å². The molecule has 0 radical (unpaired) electrons. The number of phenols is 1. The molecule has 152 valence electrons. The minimum atomic E-state index is -1.35. The lowest BCUT2D eigenvalue weighted by Crippen LogP contribution is -2.22. The first kappa shape index (κ1) is 20.2. The van der Waals surface area contributed by atoms with E-state index < -0.39 is 30.8 Å². The monoisotopic (exact) mass is 392 g/mol.